The lowest BCUT2D eigenvalue weighted by atomic mass is 10.1. The normalized spacial score (nSPS) is 26.0. The van der Waals surface area contributed by atoms with Gasteiger partial charge in [0.1, 0.15) is 29.9 Å². The maximum atomic E-state index is 12.0. The van der Waals surface area contributed by atoms with Crippen LogP contribution in [0.5, 0.6) is 0 Å². The van der Waals surface area contributed by atoms with Crippen LogP contribution in [0, 0.1) is 0 Å². The Labute approximate surface area is 157 Å². The van der Waals surface area contributed by atoms with Crippen LogP contribution >= 0.6 is 11.8 Å². The standard InChI is InChI=1S/C15H20N6O5S/c16-8(3-7-4-18-6-19-7)14(24)26-5-9-11(22)12(23)13(27-9)21-2-1-10(17)20-15(21)25/h1-2,4,6,8-9,11-13,22-23H,3,5,16H2,(H,18,19)(H2,17,20,25)/t8-,9+,11?,12?,13+/m0/s1. The molecule has 2 aromatic heterocycles. The fraction of sp³-hybridized carbons (Fsp3) is 0.467. The van der Waals surface area contributed by atoms with Crippen molar-refractivity contribution in [1.29, 1.82) is 0 Å². The second-order valence-electron chi connectivity index (χ2n) is 6.11. The van der Waals surface area contributed by atoms with Crippen LogP contribution in [0.4, 0.5) is 5.82 Å². The summed E-state index contributed by atoms with van der Waals surface area (Å²) < 4.78 is 6.36. The molecular weight excluding hydrogens is 376 g/mol. The van der Waals surface area contributed by atoms with Crippen molar-refractivity contribution in [2.24, 2.45) is 5.73 Å². The number of hydrogen-bond donors (Lipinski definition) is 5. The second-order valence-corrected chi connectivity index (χ2v) is 7.47. The molecule has 2 unspecified atom stereocenters. The highest BCUT2D eigenvalue weighted by molar-refractivity contribution is 8.00. The fourth-order valence-electron chi connectivity index (χ4n) is 2.70. The van der Waals surface area contributed by atoms with Crippen molar-refractivity contribution in [3.63, 3.8) is 0 Å². The third-order valence-electron chi connectivity index (χ3n) is 4.15. The molecule has 7 N–H and O–H groups in total. The number of aromatic amines is 1. The van der Waals surface area contributed by atoms with Gasteiger partial charge >= 0.3 is 11.7 Å². The molecule has 1 saturated heterocycles. The smallest absolute Gasteiger partial charge is 0.350 e. The van der Waals surface area contributed by atoms with Crippen LogP contribution in [0.25, 0.3) is 0 Å². The van der Waals surface area contributed by atoms with E-state index in [9.17, 15) is 19.8 Å². The summed E-state index contributed by atoms with van der Waals surface area (Å²) in [5.41, 5.74) is 11.3. The van der Waals surface area contributed by atoms with Gasteiger partial charge in [-0.1, -0.05) is 0 Å². The second kappa shape index (κ2) is 8.08. The molecule has 3 rings (SSSR count). The van der Waals surface area contributed by atoms with E-state index in [2.05, 4.69) is 15.0 Å². The van der Waals surface area contributed by atoms with Gasteiger partial charge < -0.3 is 31.4 Å². The zero-order chi connectivity index (χ0) is 19.6. The summed E-state index contributed by atoms with van der Waals surface area (Å²) in [4.78, 5) is 34.3. The highest BCUT2D eigenvalue weighted by atomic mass is 32.2. The number of ether oxygens (including phenoxy) is 1. The Morgan fingerprint density at radius 3 is 2.89 bits per heavy atom. The van der Waals surface area contributed by atoms with Crippen molar-refractivity contribution >= 4 is 23.5 Å². The number of aromatic nitrogens is 4. The van der Waals surface area contributed by atoms with E-state index in [-0.39, 0.29) is 18.8 Å². The van der Waals surface area contributed by atoms with E-state index in [4.69, 9.17) is 16.2 Å². The van der Waals surface area contributed by atoms with Crippen molar-refractivity contribution in [3.05, 3.63) is 41.0 Å². The van der Waals surface area contributed by atoms with Gasteiger partial charge in [-0.25, -0.2) is 9.78 Å². The molecule has 3 heterocycles. The van der Waals surface area contributed by atoms with E-state index < -0.39 is 40.5 Å². The average molecular weight is 396 g/mol. The minimum absolute atomic E-state index is 0.0611. The molecule has 0 aromatic carbocycles. The number of carbonyl (C=O) groups is 1. The van der Waals surface area contributed by atoms with Crippen molar-refractivity contribution in [3.8, 4) is 0 Å². The Bertz CT molecular complexity index is 843. The molecule has 0 radical (unpaired) electrons. The number of imidazole rings is 1. The van der Waals surface area contributed by atoms with Crippen LogP contribution in [0.3, 0.4) is 0 Å². The number of hydrogen-bond acceptors (Lipinski definition) is 10. The molecule has 1 aliphatic heterocycles. The van der Waals surface area contributed by atoms with Gasteiger partial charge in [0, 0.05) is 24.5 Å². The molecule has 0 bridgehead atoms. The summed E-state index contributed by atoms with van der Waals surface area (Å²) in [6.07, 6.45) is 2.24. The van der Waals surface area contributed by atoms with E-state index in [1.807, 2.05) is 0 Å². The van der Waals surface area contributed by atoms with Crippen molar-refractivity contribution < 1.29 is 19.7 Å². The zero-order valence-electron chi connectivity index (χ0n) is 14.1. The Kier molecular flexibility index (Phi) is 5.79. The third-order valence-corrected chi connectivity index (χ3v) is 5.70. The number of esters is 1. The Balaban J connectivity index is 1.59. The van der Waals surface area contributed by atoms with E-state index in [0.29, 0.717) is 5.69 Å². The van der Waals surface area contributed by atoms with Crippen molar-refractivity contribution in [1.82, 2.24) is 19.5 Å². The minimum Gasteiger partial charge on any atom is -0.463 e. The van der Waals surface area contributed by atoms with Crippen molar-refractivity contribution in [2.45, 2.75) is 35.3 Å². The van der Waals surface area contributed by atoms with E-state index in [1.54, 1.807) is 6.20 Å². The van der Waals surface area contributed by atoms with Crippen LogP contribution in [-0.2, 0) is 16.0 Å². The number of carbonyl (C=O) groups excluding carboxylic acids is 1. The first-order valence-electron chi connectivity index (χ1n) is 8.12. The third kappa shape index (κ3) is 4.30. The lowest BCUT2D eigenvalue weighted by molar-refractivity contribution is -0.145. The van der Waals surface area contributed by atoms with E-state index in [1.165, 1.54) is 23.2 Å². The van der Waals surface area contributed by atoms with Gasteiger partial charge in [0.05, 0.1) is 17.7 Å². The molecule has 5 atom stereocenters. The van der Waals surface area contributed by atoms with Gasteiger partial charge in [0.15, 0.2) is 0 Å². The molecule has 146 valence electrons. The first-order chi connectivity index (χ1) is 12.9. The largest absolute Gasteiger partial charge is 0.463 e. The van der Waals surface area contributed by atoms with Crippen LogP contribution in [0.1, 0.15) is 11.1 Å². The molecule has 1 fully saturated rings. The maximum Gasteiger partial charge on any atom is 0.350 e. The number of nitrogens with two attached hydrogens (primary N) is 2. The van der Waals surface area contributed by atoms with Crippen molar-refractivity contribution in [2.75, 3.05) is 12.3 Å². The molecule has 0 amide bonds. The summed E-state index contributed by atoms with van der Waals surface area (Å²) in [5.74, 6) is -0.576. The van der Waals surface area contributed by atoms with Gasteiger partial charge in [-0.2, -0.15) is 4.98 Å². The molecule has 27 heavy (non-hydrogen) atoms. The number of rotatable bonds is 6. The quantitative estimate of drug-likeness (QED) is 0.342. The van der Waals surface area contributed by atoms with Gasteiger partial charge in [-0.3, -0.25) is 9.36 Å². The van der Waals surface area contributed by atoms with Gasteiger partial charge in [0.2, 0.25) is 0 Å². The van der Waals surface area contributed by atoms with E-state index in [0.717, 1.165) is 11.8 Å². The number of nitrogen functional groups attached to an aromatic ring is 1. The lowest BCUT2D eigenvalue weighted by Crippen LogP contribution is -2.38. The summed E-state index contributed by atoms with van der Waals surface area (Å²) in [5, 5.41) is 19.1. The predicted octanol–water partition coefficient (Wildman–Crippen LogP) is -2.00. The summed E-state index contributed by atoms with van der Waals surface area (Å²) in [6.45, 7) is -0.161. The van der Waals surface area contributed by atoms with Crippen LogP contribution < -0.4 is 17.2 Å². The topological polar surface area (TPSA) is 182 Å². The monoisotopic (exact) mass is 396 g/mol. The molecule has 0 saturated carbocycles. The number of aliphatic hydroxyl groups excluding tert-OH is 2. The highest BCUT2D eigenvalue weighted by Crippen LogP contribution is 2.41. The molecular formula is C15H20N6O5S. The van der Waals surface area contributed by atoms with Crippen LogP contribution in [0.2, 0.25) is 0 Å². The molecule has 12 heteroatoms. The summed E-state index contributed by atoms with van der Waals surface area (Å²) in [6, 6.07) is 0.529. The van der Waals surface area contributed by atoms with Gasteiger partial charge in [-0.15, -0.1) is 11.8 Å². The molecule has 0 aliphatic carbocycles. The lowest BCUT2D eigenvalue weighted by Gasteiger charge is -2.17. The summed E-state index contributed by atoms with van der Waals surface area (Å²) in [7, 11) is 0. The van der Waals surface area contributed by atoms with Crippen LogP contribution in [0.15, 0.2) is 29.6 Å². The predicted molar refractivity (Wildman–Crippen MR) is 96.6 cm³/mol. The maximum absolute atomic E-state index is 12.0. The first kappa shape index (κ1) is 19.4. The zero-order valence-corrected chi connectivity index (χ0v) is 15.0. The number of H-pyrrole nitrogens is 1. The average Bonchev–Trinajstić information content (AvgIpc) is 3.23. The number of thioether (sulfide) groups is 1. The molecule has 11 nitrogen and oxygen atoms in total. The van der Waals surface area contributed by atoms with E-state index >= 15 is 0 Å². The van der Waals surface area contributed by atoms with Gasteiger partial charge in [0.25, 0.3) is 0 Å². The van der Waals surface area contributed by atoms with Gasteiger partial charge in [-0.05, 0) is 6.07 Å². The molecule has 1 aliphatic rings. The first-order valence-corrected chi connectivity index (χ1v) is 9.07. The summed E-state index contributed by atoms with van der Waals surface area (Å²) >= 11 is 1.11. The number of nitrogens with one attached hydrogen (secondary N) is 1. The SMILES string of the molecule is Nc1ccn([C@@H]2S[C@H](COC(=O)[C@@H](N)Cc3cnc[nH]3)C(O)C2O)c(=O)n1. The van der Waals surface area contributed by atoms with Crippen LogP contribution in [-0.4, -0.2) is 65.8 Å². The molecule has 2 aromatic rings. The number of anilines is 1. The Morgan fingerprint density at radius 1 is 1.44 bits per heavy atom. The number of nitrogens with zero attached hydrogens (tertiary/aromatic N) is 3. The Hall–Kier alpha value is -2.41. The Morgan fingerprint density at radius 2 is 2.22 bits per heavy atom. The number of aliphatic hydroxyl groups is 2. The highest BCUT2D eigenvalue weighted by Gasteiger charge is 2.44. The minimum atomic E-state index is -1.24. The fourth-order valence-corrected chi connectivity index (χ4v) is 4.14. The molecule has 0 spiro atoms.